The number of hydrogen-bond acceptors (Lipinski definition) is 1. The highest BCUT2D eigenvalue weighted by molar-refractivity contribution is 6.30. The summed E-state index contributed by atoms with van der Waals surface area (Å²) in [6.45, 7) is 3.38. The Kier molecular flexibility index (Phi) is 2.70. The Hall–Kier alpha value is -1.31. The molecule has 2 bridgehead atoms. The number of fused-ring (bicyclic) bond motifs is 7. The summed E-state index contributed by atoms with van der Waals surface area (Å²) in [6.07, 6.45) is 0. The van der Waals surface area contributed by atoms with Crippen molar-refractivity contribution in [2.75, 3.05) is 7.05 Å². The van der Waals surface area contributed by atoms with E-state index in [4.69, 9.17) is 11.6 Å². The predicted molar refractivity (Wildman–Crippen MR) is 83.1 cm³/mol. The molecule has 1 heterocycles. The maximum absolute atomic E-state index is 6.26. The van der Waals surface area contributed by atoms with E-state index in [1.165, 1.54) is 22.3 Å². The zero-order valence-corrected chi connectivity index (χ0v) is 12.6. The lowest BCUT2D eigenvalue weighted by Crippen LogP contribution is -2.25. The van der Waals surface area contributed by atoms with E-state index in [1.807, 2.05) is 6.07 Å². The molecule has 1 aliphatic carbocycles. The van der Waals surface area contributed by atoms with Gasteiger partial charge in [-0.05, 0) is 47.4 Å². The second-order valence-corrected chi connectivity index (χ2v) is 6.61. The highest BCUT2D eigenvalue weighted by Gasteiger charge is 2.43. The molecule has 0 spiro atoms. The van der Waals surface area contributed by atoms with Crippen LogP contribution in [0.15, 0.2) is 42.5 Å². The van der Waals surface area contributed by atoms with Crippen LogP contribution in [0.2, 0.25) is 5.02 Å². The standard InChI is InChI=1S/C18H18ClN/c1-11-17-14-5-3-4-6-15(14)18(11)20(2)10-12-7-8-13(19)9-16(12)17/h3-9,11,17-18H,10H2,1-2H3. The van der Waals surface area contributed by atoms with Crippen LogP contribution in [0.4, 0.5) is 0 Å². The highest BCUT2D eigenvalue weighted by Crippen LogP contribution is 2.53. The molecule has 2 aliphatic rings. The van der Waals surface area contributed by atoms with Gasteiger partial charge in [-0.3, -0.25) is 4.90 Å². The molecule has 0 saturated heterocycles. The van der Waals surface area contributed by atoms with Crippen molar-refractivity contribution in [3.05, 3.63) is 69.7 Å². The van der Waals surface area contributed by atoms with Crippen LogP contribution in [0.5, 0.6) is 0 Å². The van der Waals surface area contributed by atoms with Gasteiger partial charge < -0.3 is 0 Å². The molecule has 0 radical (unpaired) electrons. The van der Waals surface area contributed by atoms with Gasteiger partial charge in [0, 0.05) is 23.5 Å². The van der Waals surface area contributed by atoms with Crippen LogP contribution in [-0.4, -0.2) is 11.9 Å². The summed E-state index contributed by atoms with van der Waals surface area (Å²) >= 11 is 6.26. The largest absolute Gasteiger partial charge is 0.295 e. The Balaban J connectivity index is 2.01. The molecule has 1 aliphatic heterocycles. The van der Waals surface area contributed by atoms with Gasteiger partial charge in [-0.25, -0.2) is 0 Å². The fourth-order valence-electron chi connectivity index (χ4n) is 4.27. The van der Waals surface area contributed by atoms with Crippen LogP contribution in [0, 0.1) is 5.92 Å². The molecule has 2 aromatic carbocycles. The number of halogens is 1. The van der Waals surface area contributed by atoms with E-state index >= 15 is 0 Å². The summed E-state index contributed by atoms with van der Waals surface area (Å²) in [5, 5.41) is 0.849. The smallest absolute Gasteiger partial charge is 0.0409 e. The van der Waals surface area contributed by atoms with Crippen molar-refractivity contribution < 1.29 is 0 Å². The molecule has 2 heteroatoms. The van der Waals surface area contributed by atoms with Crippen LogP contribution < -0.4 is 0 Å². The maximum Gasteiger partial charge on any atom is 0.0409 e. The average Bonchev–Trinajstić information content (AvgIpc) is 2.66. The lowest BCUT2D eigenvalue weighted by molar-refractivity contribution is 0.194. The fourth-order valence-corrected chi connectivity index (χ4v) is 4.45. The van der Waals surface area contributed by atoms with Gasteiger partial charge in [0.15, 0.2) is 0 Å². The van der Waals surface area contributed by atoms with Gasteiger partial charge in [-0.1, -0.05) is 48.9 Å². The molecule has 1 nitrogen and oxygen atoms in total. The minimum absolute atomic E-state index is 0.481. The van der Waals surface area contributed by atoms with Crippen molar-refractivity contribution in [1.29, 1.82) is 0 Å². The van der Waals surface area contributed by atoms with E-state index in [9.17, 15) is 0 Å². The molecule has 3 atom stereocenters. The van der Waals surface area contributed by atoms with Gasteiger partial charge in [-0.2, -0.15) is 0 Å². The van der Waals surface area contributed by atoms with Crippen LogP contribution in [0.1, 0.15) is 41.1 Å². The molecule has 0 N–H and O–H groups in total. The van der Waals surface area contributed by atoms with Gasteiger partial charge >= 0.3 is 0 Å². The van der Waals surface area contributed by atoms with Crippen LogP contribution in [-0.2, 0) is 6.54 Å². The highest BCUT2D eigenvalue weighted by atomic mass is 35.5. The molecular formula is C18H18ClN. The van der Waals surface area contributed by atoms with Crippen LogP contribution >= 0.6 is 11.6 Å². The van der Waals surface area contributed by atoms with Crippen molar-refractivity contribution in [3.8, 4) is 0 Å². The molecule has 20 heavy (non-hydrogen) atoms. The third-order valence-electron chi connectivity index (χ3n) is 5.01. The number of benzene rings is 2. The van der Waals surface area contributed by atoms with Gasteiger partial charge in [0.2, 0.25) is 0 Å². The molecule has 0 saturated carbocycles. The Morgan fingerprint density at radius 1 is 1.05 bits per heavy atom. The Labute approximate surface area is 125 Å². The normalized spacial score (nSPS) is 27.9. The summed E-state index contributed by atoms with van der Waals surface area (Å²) < 4.78 is 0. The predicted octanol–water partition coefficient (Wildman–Crippen LogP) is 4.61. The summed E-state index contributed by atoms with van der Waals surface area (Å²) in [5.41, 5.74) is 5.83. The summed E-state index contributed by atoms with van der Waals surface area (Å²) in [7, 11) is 2.24. The first kappa shape index (κ1) is 12.4. The second kappa shape index (κ2) is 4.34. The van der Waals surface area contributed by atoms with Gasteiger partial charge in [-0.15, -0.1) is 0 Å². The quantitative estimate of drug-likeness (QED) is 0.682. The molecule has 4 rings (SSSR count). The molecule has 0 fully saturated rings. The Morgan fingerprint density at radius 2 is 1.80 bits per heavy atom. The molecular weight excluding hydrogens is 266 g/mol. The van der Waals surface area contributed by atoms with E-state index in [0.29, 0.717) is 17.9 Å². The van der Waals surface area contributed by atoms with Crippen molar-refractivity contribution >= 4 is 11.6 Å². The SMILES string of the molecule is CC1C2c3cc(Cl)ccc3CN(C)C1c1ccccc12. The molecule has 2 aromatic rings. The lowest BCUT2D eigenvalue weighted by Gasteiger charge is -2.27. The minimum atomic E-state index is 0.481. The molecule has 102 valence electrons. The number of rotatable bonds is 0. The molecule has 0 aromatic heterocycles. The molecule has 3 unspecified atom stereocenters. The van der Waals surface area contributed by atoms with E-state index in [0.717, 1.165) is 11.6 Å². The number of nitrogens with zero attached hydrogens (tertiary/aromatic N) is 1. The van der Waals surface area contributed by atoms with Crippen LogP contribution in [0.3, 0.4) is 0 Å². The lowest BCUT2D eigenvalue weighted by atomic mass is 9.84. The summed E-state index contributed by atoms with van der Waals surface area (Å²) in [4.78, 5) is 2.49. The van der Waals surface area contributed by atoms with E-state index in [-0.39, 0.29) is 0 Å². The topological polar surface area (TPSA) is 3.24 Å². The van der Waals surface area contributed by atoms with Gasteiger partial charge in [0.05, 0.1) is 0 Å². The summed E-state index contributed by atoms with van der Waals surface area (Å²) in [6, 6.07) is 15.8. The van der Waals surface area contributed by atoms with Crippen LogP contribution in [0.25, 0.3) is 0 Å². The third-order valence-corrected chi connectivity index (χ3v) is 5.25. The van der Waals surface area contributed by atoms with Crippen molar-refractivity contribution in [2.45, 2.75) is 25.4 Å². The first-order chi connectivity index (χ1) is 9.66. The maximum atomic E-state index is 6.26. The van der Waals surface area contributed by atoms with Crippen molar-refractivity contribution in [1.82, 2.24) is 4.90 Å². The number of hydrogen-bond donors (Lipinski definition) is 0. The van der Waals surface area contributed by atoms with Crippen molar-refractivity contribution in [2.24, 2.45) is 5.92 Å². The van der Waals surface area contributed by atoms with E-state index in [2.05, 4.69) is 55.3 Å². The average molecular weight is 284 g/mol. The fraction of sp³-hybridized carbons (Fsp3) is 0.333. The minimum Gasteiger partial charge on any atom is -0.295 e. The van der Waals surface area contributed by atoms with E-state index in [1.54, 1.807) is 0 Å². The Bertz CT molecular complexity index is 679. The Morgan fingerprint density at radius 3 is 2.60 bits per heavy atom. The zero-order valence-electron chi connectivity index (χ0n) is 11.8. The first-order valence-corrected chi connectivity index (χ1v) is 7.62. The zero-order chi connectivity index (χ0) is 13.9. The first-order valence-electron chi connectivity index (χ1n) is 7.24. The third kappa shape index (κ3) is 1.60. The van der Waals surface area contributed by atoms with E-state index < -0.39 is 0 Å². The molecule has 0 amide bonds. The van der Waals surface area contributed by atoms with Gasteiger partial charge in [0.25, 0.3) is 0 Å². The second-order valence-electron chi connectivity index (χ2n) is 6.17. The van der Waals surface area contributed by atoms with Gasteiger partial charge in [0.1, 0.15) is 0 Å². The van der Waals surface area contributed by atoms with Crippen molar-refractivity contribution in [3.63, 3.8) is 0 Å². The monoisotopic (exact) mass is 283 g/mol. The summed E-state index contributed by atoms with van der Waals surface area (Å²) in [5.74, 6) is 1.08.